The summed E-state index contributed by atoms with van der Waals surface area (Å²) in [5.74, 6) is -1.06. The summed E-state index contributed by atoms with van der Waals surface area (Å²) >= 11 is 0. The number of benzene rings is 2. The number of phenolic OH excluding ortho intramolecular Hbond substituents is 1. The van der Waals surface area contributed by atoms with E-state index in [1.54, 1.807) is 18.2 Å². The van der Waals surface area contributed by atoms with Gasteiger partial charge in [0.25, 0.3) is 5.69 Å². The number of nitrogens with zero attached hydrogens (tertiary/aromatic N) is 1. The SMILES string of the molecule is O=C1C=C(Nc2ccc(O)cc2[N+](=O)[O-])C(=O)c2ccccc21. The lowest BCUT2D eigenvalue weighted by atomic mass is 9.92. The predicted octanol–water partition coefficient (Wildman–Crippen LogP) is 2.68. The van der Waals surface area contributed by atoms with Crippen LogP contribution in [0.2, 0.25) is 0 Å². The molecule has 0 bridgehead atoms. The fraction of sp³-hybridized carbons (Fsp3) is 0. The molecule has 0 aliphatic heterocycles. The van der Waals surface area contributed by atoms with Crippen molar-refractivity contribution in [2.24, 2.45) is 0 Å². The van der Waals surface area contributed by atoms with E-state index in [9.17, 15) is 24.8 Å². The van der Waals surface area contributed by atoms with E-state index in [1.807, 2.05) is 0 Å². The number of nitrogens with one attached hydrogen (secondary N) is 1. The highest BCUT2D eigenvalue weighted by Crippen LogP contribution is 2.31. The number of ketones is 2. The van der Waals surface area contributed by atoms with Crippen LogP contribution in [0.5, 0.6) is 5.75 Å². The summed E-state index contributed by atoms with van der Waals surface area (Å²) in [4.78, 5) is 34.8. The molecule has 3 rings (SSSR count). The van der Waals surface area contributed by atoms with Crippen molar-refractivity contribution in [1.82, 2.24) is 0 Å². The number of carbonyl (C=O) groups is 2. The zero-order valence-electron chi connectivity index (χ0n) is 11.6. The fourth-order valence-corrected chi connectivity index (χ4v) is 2.33. The molecule has 2 N–H and O–H groups in total. The molecule has 114 valence electrons. The van der Waals surface area contributed by atoms with Gasteiger partial charge in [-0.1, -0.05) is 24.3 Å². The molecule has 0 saturated heterocycles. The average molecular weight is 310 g/mol. The van der Waals surface area contributed by atoms with Crippen molar-refractivity contribution in [2.75, 3.05) is 5.32 Å². The number of hydrogen-bond acceptors (Lipinski definition) is 6. The number of aromatic hydroxyl groups is 1. The average Bonchev–Trinajstić information content (AvgIpc) is 2.53. The third-order valence-corrected chi connectivity index (χ3v) is 3.40. The third-order valence-electron chi connectivity index (χ3n) is 3.40. The van der Waals surface area contributed by atoms with Crippen LogP contribution in [0.25, 0.3) is 0 Å². The summed E-state index contributed by atoms with van der Waals surface area (Å²) in [5, 5.41) is 23.0. The number of hydrogen-bond donors (Lipinski definition) is 2. The Hall–Kier alpha value is -3.48. The van der Waals surface area contributed by atoms with Gasteiger partial charge in [-0.3, -0.25) is 19.7 Å². The van der Waals surface area contributed by atoms with Gasteiger partial charge in [-0.25, -0.2) is 0 Å². The molecule has 0 atom stereocenters. The highest BCUT2D eigenvalue weighted by atomic mass is 16.6. The van der Waals surface area contributed by atoms with Crippen molar-refractivity contribution in [2.45, 2.75) is 0 Å². The van der Waals surface area contributed by atoms with Gasteiger partial charge >= 0.3 is 0 Å². The zero-order valence-corrected chi connectivity index (χ0v) is 11.6. The highest BCUT2D eigenvalue weighted by molar-refractivity contribution is 6.25. The number of Topliss-reactive ketones (excluding diaryl/α,β-unsaturated/α-hetero) is 1. The number of phenols is 1. The van der Waals surface area contributed by atoms with Gasteiger partial charge in [0.1, 0.15) is 11.4 Å². The number of carbonyl (C=O) groups excluding carboxylic acids is 2. The maximum atomic E-state index is 12.4. The minimum absolute atomic E-state index is 0.0135. The van der Waals surface area contributed by atoms with E-state index < -0.39 is 16.4 Å². The Bertz CT molecular complexity index is 886. The van der Waals surface area contributed by atoms with E-state index in [-0.39, 0.29) is 28.5 Å². The number of anilines is 1. The second-order valence-corrected chi connectivity index (χ2v) is 4.88. The molecule has 7 nitrogen and oxygen atoms in total. The van der Waals surface area contributed by atoms with Crippen LogP contribution in [0.1, 0.15) is 20.7 Å². The summed E-state index contributed by atoms with van der Waals surface area (Å²) in [6, 6.07) is 9.84. The van der Waals surface area contributed by atoms with Gasteiger partial charge in [0, 0.05) is 17.2 Å². The molecular formula is C16H10N2O5. The predicted molar refractivity (Wildman–Crippen MR) is 81.6 cm³/mol. The lowest BCUT2D eigenvalue weighted by molar-refractivity contribution is -0.384. The Morgan fingerprint density at radius 3 is 2.43 bits per heavy atom. The molecule has 0 amide bonds. The summed E-state index contributed by atoms with van der Waals surface area (Å²) in [7, 11) is 0. The summed E-state index contributed by atoms with van der Waals surface area (Å²) in [6.45, 7) is 0. The van der Waals surface area contributed by atoms with E-state index in [0.29, 0.717) is 5.56 Å². The smallest absolute Gasteiger partial charge is 0.296 e. The summed E-state index contributed by atoms with van der Waals surface area (Å²) in [5.41, 5.74) is 0.0965. The maximum Gasteiger partial charge on any atom is 0.296 e. The highest BCUT2D eigenvalue weighted by Gasteiger charge is 2.26. The van der Waals surface area contributed by atoms with E-state index in [0.717, 1.165) is 12.1 Å². The van der Waals surface area contributed by atoms with Crippen molar-refractivity contribution in [1.29, 1.82) is 0 Å². The second-order valence-electron chi connectivity index (χ2n) is 4.88. The minimum Gasteiger partial charge on any atom is -0.508 e. The molecule has 1 aliphatic rings. The first-order valence-electron chi connectivity index (χ1n) is 6.61. The lowest BCUT2D eigenvalue weighted by Gasteiger charge is -2.16. The normalized spacial score (nSPS) is 13.3. The molecule has 0 heterocycles. The van der Waals surface area contributed by atoms with Crippen molar-refractivity contribution in [3.63, 3.8) is 0 Å². The molecule has 2 aromatic rings. The van der Waals surface area contributed by atoms with Gasteiger partial charge < -0.3 is 10.4 Å². The van der Waals surface area contributed by atoms with Crippen LogP contribution in [0.3, 0.4) is 0 Å². The first kappa shape index (κ1) is 14.5. The number of nitro benzene ring substituents is 1. The Morgan fingerprint density at radius 2 is 1.74 bits per heavy atom. The molecule has 23 heavy (non-hydrogen) atoms. The van der Waals surface area contributed by atoms with Gasteiger partial charge in [0.2, 0.25) is 5.78 Å². The molecule has 2 aromatic carbocycles. The topological polar surface area (TPSA) is 110 Å². The molecular weight excluding hydrogens is 300 g/mol. The zero-order chi connectivity index (χ0) is 16.6. The molecule has 0 saturated carbocycles. The van der Waals surface area contributed by atoms with E-state index >= 15 is 0 Å². The number of allylic oxidation sites excluding steroid dienone is 2. The fourth-order valence-electron chi connectivity index (χ4n) is 2.33. The van der Waals surface area contributed by atoms with Crippen LogP contribution in [0.15, 0.2) is 54.2 Å². The van der Waals surface area contributed by atoms with Crippen LogP contribution >= 0.6 is 0 Å². The van der Waals surface area contributed by atoms with E-state index in [2.05, 4.69) is 5.32 Å². The molecule has 0 fully saturated rings. The van der Waals surface area contributed by atoms with Crippen molar-refractivity contribution >= 4 is 22.9 Å². The van der Waals surface area contributed by atoms with Gasteiger partial charge in [0.15, 0.2) is 5.78 Å². The van der Waals surface area contributed by atoms with Gasteiger partial charge in [-0.15, -0.1) is 0 Å². The van der Waals surface area contributed by atoms with Crippen molar-refractivity contribution in [3.05, 3.63) is 75.5 Å². The lowest BCUT2D eigenvalue weighted by Crippen LogP contribution is -2.21. The standard InChI is InChI=1S/C16H10N2O5/c19-9-5-6-12(14(7-9)18(22)23)17-13-8-15(20)10-3-1-2-4-11(10)16(13)21/h1-8,17,19H. The first-order valence-corrected chi connectivity index (χ1v) is 6.61. The Labute approximate surface area is 130 Å². The quantitative estimate of drug-likeness (QED) is 0.512. The van der Waals surface area contributed by atoms with Gasteiger partial charge in [-0.05, 0) is 12.1 Å². The molecule has 0 aromatic heterocycles. The summed E-state index contributed by atoms with van der Waals surface area (Å²) in [6.07, 6.45) is 1.11. The first-order chi connectivity index (χ1) is 11.0. The maximum absolute atomic E-state index is 12.4. The van der Waals surface area contributed by atoms with Gasteiger partial charge in [0.05, 0.1) is 16.7 Å². The van der Waals surface area contributed by atoms with Crippen LogP contribution < -0.4 is 5.32 Å². The molecule has 0 unspecified atom stereocenters. The molecule has 1 aliphatic carbocycles. The van der Waals surface area contributed by atoms with E-state index in [4.69, 9.17) is 0 Å². The van der Waals surface area contributed by atoms with Crippen LogP contribution in [-0.4, -0.2) is 21.6 Å². The minimum atomic E-state index is -0.689. The molecule has 7 heteroatoms. The van der Waals surface area contributed by atoms with Crippen LogP contribution in [0, 0.1) is 10.1 Å². The Balaban J connectivity index is 2.01. The van der Waals surface area contributed by atoms with Crippen molar-refractivity contribution < 1.29 is 19.6 Å². The Kier molecular flexibility index (Phi) is 3.38. The summed E-state index contributed by atoms with van der Waals surface area (Å²) < 4.78 is 0. The van der Waals surface area contributed by atoms with Crippen molar-refractivity contribution in [3.8, 4) is 5.75 Å². The molecule has 0 spiro atoms. The molecule has 0 radical (unpaired) electrons. The number of rotatable bonds is 3. The number of fused-ring (bicyclic) bond motifs is 1. The Morgan fingerprint density at radius 1 is 1.04 bits per heavy atom. The number of nitro groups is 1. The third kappa shape index (κ3) is 2.55. The van der Waals surface area contributed by atoms with E-state index in [1.165, 1.54) is 18.2 Å². The van der Waals surface area contributed by atoms with Crippen LogP contribution in [0.4, 0.5) is 11.4 Å². The van der Waals surface area contributed by atoms with Gasteiger partial charge in [-0.2, -0.15) is 0 Å². The monoisotopic (exact) mass is 310 g/mol. The second kappa shape index (κ2) is 5.38. The van der Waals surface area contributed by atoms with Crippen LogP contribution in [-0.2, 0) is 0 Å². The largest absolute Gasteiger partial charge is 0.508 e.